The van der Waals surface area contributed by atoms with Crippen LogP contribution in [-0.4, -0.2) is 25.0 Å². The first kappa shape index (κ1) is 20.5. The van der Waals surface area contributed by atoms with Crippen LogP contribution < -0.4 is 0 Å². The number of allylic oxidation sites excluding steroid dienone is 2. The molecule has 4 rings (SSSR count). The molecule has 0 bridgehead atoms. The fourth-order valence-electron chi connectivity index (χ4n) is 4.83. The second-order valence-corrected chi connectivity index (χ2v) is 8.56. The van der Waals surface area contributed by atoms with E-state index in [0.29, 0.717) is 35.8 Å². The SMILES string of the molecule is Cc1cc(C)c(C2=C(OC(=O)c3ccccc3)C(CC3CCOC3)CC2=O)c(C)c1. The zero-order valence-corrected chi connectivity index (χ0v) is 17.9. The molecule has 2 unspecified atom stereocenters. The van der Waals surface area contributed by atoms with Crippen LogP contribution in [0.2, 0.25) is 0 Å². The molecule has 4 heteroatoms. The molecular formula is C26H28O4. The zero-order valence-electron chi connectivity index (χ0n) is 17.9. The predicted octanol–water partition coefficient (Wildman–Crippen LogP) is 5.20. The van der Waals surface area contributed by atoms with Crippen LogP contribution in [0.15, 0.2) is 48.2 Å². The zero-order chi connectivity index (χ0) is 21.3. The first-order valence-electron chi connectivity index (χ1n) is 10.6. The van der Waals surface area contributed by atoms with E-state index < -0.39 is 5.97 Å². The van der Waals surface area contributed by atoms with Gasteiger partial charge < -0.3 is 9.47 Å². The van der Waals surface area contributed by atoms with Crippen molar-refractivity contribution in [3.05, 3.63) is 76.0 Å². The van der Waals surface area contributed by atoms with Gasteiger partial charge in [0.05, 0.1) is 11.1 Å². The van der Waals surface area contributed by atoms with E-state index in [1.807, 2.05) is 39.0 Å². The molecule has 0 aromatic heterocycles. The molecule has 0 saturated carbocycles. The number of ketones is 1. The summed E-state index contributed by atoms with van der Waals surface area (Å²) in [6.45, 7) is 7.56. The van der Waals surface area contributed by atoms with Crippen molar-refractivity contribution in [2.45, 2.75) is 40.0 Å². The van der Waals surface area contributed by atoms with Gasteiger partial charge in [0, 0.05) is 25.6 Å². The Balaban J connectivity index is 1.76. The van der Waals surface area contributed by atoms with Crippen molar-refractivity contribution in [3.8, 4) is 0 Å². The van der Waals surface area contributed by atoms with E-state index >= 15 is 0 Å². The number of esters is 1. The van der Waals surface area contributed by atoms with Crippen molar-refractivity contribution in [1.82, 2.24) is 0 Å². The fraction of sp³-hybridized carbons (Fsp3) is 0.385. The number of Topliss-reactive ketones (excluding diaryl/α,β-unsaturated/α-hetero) is 1. The average molecular weight is 405 g/mol. The summed E-state index contributed by atoms with van der Waals surface area (Å²) in [7, 11) is 0. The molecule has 0 N–H and O–H groups in total. The summed E-state index contributed by atoms with van der Waals surface area (Å²) in [6.07, 6.45) is 2.18. The minimum absolute atomic E-state index is 0.0600. The van der Waals surface area contributed by atoms with Crippen molar-refractivity contribution in [1.29, 1.82) is 0 Å². The third-order valence-corrected chi connectivity index (χ3v) is 6.11. The molecule has 4 nitrogen and oxygen atoms in total. The third kappa shape index (κ3) is 4.10. The maximum absolute atomic E-state index is 13.2. The topological polar surface area (TPSA) is 52.6 Å². The highest BCUT2D eigenvalue weighted by atomic mass is 16.5. The van der Waals surface area contributed by atoms with Gasteiger partial charge in [-0.1, -0.05) is 35.9 Å². The van der Waals surface area contributed by atoms with Crippen LogP contribution in [0.1, 0.15) is 51.9 Å². The van der Waals surface area contributed by atoms with Gasteiger partial charge in [0.2, 0.25) is 0 Å². The van der Waals surface area contributed by atoms with Crippen LogP contribution in [0.4, 0.5) is 0 Å². The Bertz CT molecular complexity index is 974. The largest absolute Gasteiger partial charge is 0.426 e. The van der Waals surface area contributed by atoms with Crippen LogP contribution in [0.25, 0.3) is 5.57 Å². The molecule has 156 valence electrons. The van der Waals surface area contributed by atoms with Gasteiger partial charge in [-0.3, -0.25) is 4.79 Å². The molecule has 0 amide bonds. The van der Waals surface area contributed by atoms with Crippen molar-refractivity contribution >= 4 is 17.3 Å². The number of carbonyl (C=O) groups excluding carboxylic acids is 2. The molecule has 1 aliphatic carbocycles. The summed E-state index contributed by atoms with van der Waals surface area (Å²) in [4.78, 5) is 26.1. The summed E-state index contributed by atoms with van der Waals surface area (Å²) >= 11 is 0. The lowest BCUT2D eigenvalue weighted by Gasteiger charge is -2.19. The van der Waals surface area contributed by atoms with Crippen molar-refractivity contribution in [2.75, 3.05) is 13.2 Å². The molecule has 0 radical (unpaired) electrons. The van der Waals surface area contributed by atoms with E-state index in [-0.39, 0.29) is 11.7 Å². The van der Waals surface area contributed by atoms with Gasteiger partial charge in [-0.25, -0.2) is 4.79 Å². The highest BCUT2D eigenvalue weighted by Gasteiger charge is 2.39. The van der Waals surface area contributed by atoms with Crippen molar-refractivity contribution < 1.29 is 19.1 Å². The molecule has 2 aromatic carbocycles. The van der Waals surface area contributed by atoms with Crippen LogP contribution in [-0.2, 0) is 14.3 Å². The molecule has 2 aliphatic rings. The van der Waals surface area contributed by atoms with Crippen LogP contribution in [0.3, 0.4) is 0 Å². The quantitative estimate of drug-likeness (QED) is 0.643. The van der Waals surface area contributed by atoms with Crippen LogP contribution >= 0.6 is 0 Å². The van der Waals surface area contributed by atoms with Gasteiger partial charge >= 0.3 is 5.97 Å². The lowest BCUT2D eigenvalue weighted by atomic mass is 9.91. The van der Waals surface area contributed by atoms with Crippen molar-refractivity contribution in [3.63, 3.8) is 0 Å². The minimum atomic E-state index is -0.409. The van der Waals surface area contributed by atoms with Gasteiger partial charge in [0.1, 0.15) is 5.76 Å². The maximum atomic E-state index is 13.2. The Hall–Kier alpha value is -2.72. The van der Waals surface area contributed by atoms with Gasteiger partial charge in [-0.15, -0.1) is 0 Å². The number of rotatable bonds is 5. The van der Waals surface area contributed by atoms with Gasteiger partial charge in [-0.05, 0) is 68.4 Å². The smallest absolute Gasteiger partial charge is 0.343 e. The van der Waals surface area contributed by atoms with E-state index in [0.717, 1.165) is 41.7 Å². The molecule has 30 heavy (non-hydrogen) atoms. The molecule has 0 spiro atoms. The summed E-state index contributed by atoms with van der Waals surface area (Å²) in [5, 5.41) is 0. The Kier molecular flexibility index (Phi) is 5.87. The minimum Gasteiger partial charge on any atom is -0.426 e. The summed E-state index contributed by atoms with van der Waals surface area (Å²) in [5.74, 6) is 0.494. The van der Waals surface area contributed by atoms with Crippen LogP contribution in [0, 0.1) is 32.6 Å². The number of benzene rings is 2. The first-order valence-corrected chi connectivity index (χ1v) is 10.6. The van der Waals surface area contributed by atoms with Crippen LogP contribution in [0.5, 0.6) is 0 Å². The maximum Gasteiger partial charge on any atom is 0.343 e. The van der Waals surface area contributed by atoms with Crippen molar-refractivity contribution in [2.24, 2.45) is 11.8 Å². The predicted molar refractivity (Wildman–Crippen MR) is 116 cm³/mol. The van der Waals surface area contributed by atoms with E-state index in [1.165, 1.54) is 0 Å². The number of aryl methyl sites for hydroxylation is 3. The lowest BCUT2D eigenvalue weighted by Crippen LogP contribution is -2.14. The summed E-state index contributed by atoms with van der Waals surface area (Å²) in [5.41, 5.74) is 5.21. The third-order valence-electron chi connectivity index (χ3n) is 6.11. The molecule has 1 aliphatic heterocycles. The van der Waals surface area contributed by atoms with Gasteiger partial charge in [0.15, 0.2) is 5.78 Å². The highest BCUT2D eigenvalue weighted by Crippen LogP contribution is 2.42. The first-order chi connectivity index (χ1) is 14.4. The fourth-order valence-corrected chi connectivity index (χ4v) is 4.83. The Morgan fingerprint density at radius 1 is 1.10 bits per heavy atom. The Morgan fingerprint density at radius 2 is 1.80 bits per heavy atom. The molecule has 1 heterocycles. The number of ether oxygens (including phenoxy) is 2. The Morgan fingerprint density at radius 3 is 2.43 bits per heavy atom. The van der Waals surface area contributed by atoms with Gasteiger partial charge in [0.25, 0.3) is 0 Å². The molecular weight excluding hydrogens is 376 g/mol. The molecule has 1 fully saturated rings. The van der Waals surface area contributed by atoms with E-state index in [2.05, 4.69) is 12.1 Å². The monoisotopic (exact) mass is 404 g/mol. The van der Waals surface area contributed by atoms with E-state index in [1.54, 1.807) is 12.1 Å². The van der Waals surface area contributed by atoms with E-state index in [9.17, 15) is 9.59 Å². The second-order valence-electron chi connectivity index (χ2n) is 8.56. The number of carbonyl (C=O) groups is 2. The van der Waals surface area contributed by atoms with Gasteiger partial charge in [-0.2, -0.15) is 0 Å². The summed E-state index contributed by atoms with van der Waals surface area (Å²) < 4.78 is 11.5. The summed E-state index contributed by atoms with van der Waals surface area (Å²) in [6, 6.07) is 13.1. The molecule has 2 aromatic rings. The Labute approximate surface area is 177 Å². The standard InChI is InChI=1S/C26H28O4/c1-16-11-17(2)23(18(3)12-16)24-22(27)14-21(13-19-9-10-29-15-19)25(24)30-26(28)20-7-5-4-6-8-20/h4-8,11-12,19,21H,9-10,13-15H2,1-3H3. The molecule has 2 atom stereocenters. The second kappa shape index (κ2) is 8.57. The lowest BCUT2D eigenvalue weighted by molar-refractivity contribution is -0.113. The number of hydrogen-bond donors (Lipinski definition) is 0. The average Bonchev–Trinajstić information content (AvgIpc) is 3.31. The normalized spacial score (nSPS) is 21.4. The van der Waals surface area contributed by atoms with E-state index in [4.69, 9.17) is 9.47 Å². The molecule has 1 saturated heterocycles. The highest BCUT2D eigenvalue weighted by molar-refractivity contribution is 6.24. The number of hydrogen-bond acceptors (Lipinski definition) is 4.